The monoisotopic (exact) mass is 419 g/mol. The molecule has 8 nitrogen and oxygen atoms in total. The number of hydrogen-bond acceptors (Lipinski definition) is 5. The molecule has 0 atom stereocenters. The SMILES string of the molecule is O=C(Nc1cc(S(=O)(=O)N2CCOCC2)ccc1O)c1cc2cc(F)ccc2[nH]1. The number of fused-ring (bicyclic) bond motifs is 1. The largest absolute Gasteiger partial charge is 0.506 e. The normalized spacial score (nSPS) is 15.5. The summed E-state index contributed by atoms with van der Waals surface area (Å²) in [5, 5.41) is 13.1. The van der Waals surface area contributed by atoms with Gasteiger partial charge in [-0.3, -0.25) is 4.79 Å². The lowest BCUT2D eigenvalue weighted by Gasteiger charge is -2.26. The molecule has 1 saturated heterocycles. The summed E-state index contributed by atoms with van der Waals surface area (Å²) in [6.45, 7) is 1.08. The molecule has 2 aromatic carbocycles. The van der Waals surface area contributed by atoms with Crippen LogP contribution in [0.2, 0.25) is 0 Å². The number of hydrogen-bond donors (Lipinski definition) is 3. The summed E-state index contributed by atoms with van der Waals surface area (Å²) in [7, 11) is -3.79. The van der Waals surface area contributed by atoms with Gasteiger partial charge in [0.25, 0.3) is 5.91 Å². The molecule has 0 radical (unpaired) electrons. The molecule has 1 aromatic heterocycles. The number of morpholine rings is 1. The number of aromatic amines is 1. The van der Waals surface area contributed by atoms with Crippen molar-refractivity contribution in [2.75, 3.05) is 31.6 Å². The Kier molecular flexibility index (Phi) is 4.99. The first-order chi connectivity index (χ1) is 13.8. The second-order valence-corrected chi connectivity index (χ2v) is 8.50. The second-order valence-electron chi connectivity index (χ2n) is 6.56. The quantitative estimate of drug-likeness (QED) is 0.562. The van der Waals surface area contributed by atoms with E-state index in [4.69, 9.17) is 4.74 Å². The van der Waals surface area contributed by atoms with Crippen LogP contribution in [0.5, 0.6) is 5.75 Å². The molecule has 3 aromatic rings. The first-order valence-corrected chi connectivity index (χ1v) is 10.3. The Balaban J connectivity index is 1.61. The lowest BCUT2D eigenvalue weighted by Crippen LogP contribution is -2.40. The van der Waals surface area contributed by atoms with E-state index in [1.807, 2.05) is 0 Å². The van der Waals surface area contributed by atoms with Gasteiger partial charge in [0.05, 0.1) is 23.8 Å². The molecule has 1 amide bonds. The number of carbonyl (C=O) groups is 1. The second kappa shape index (κ2) is 7.47. The third kappa shape index (κ3) is 3.82. The minimum absolute atomic E-state index is 0.0471. The molecule has 3 N–H and O–H groups in total. The van der Waals surface area contributed by atoms with Gasteiger partial charge in [0, 0.05) is 24.0 Å². The maximum Gasteiger partial charge on any atom is 0.272 e. The fourth-order valence-electron chi connectivity index (χ4n) is 3.13. The van der Waals surface area contributed by atoms with E-state index in [9.17, 15) is 22.7 Å². The highest BCUT2D eigenvalue weighted by Crippen LogP contribution is 2.29. The third-order valence-electron chi connectivity index (χ3n) is 4.65. The molecular formula is C19H18FN3O5S. The average Bonchev–Trinajstić information content (AvgIpc) is 3.13. The number of aromatic hydroxyl groups is 1. The Morgan fingerprint density at radius 2 is 1.90 bits per heavy atom. The van der Waals surface area contributed by atoms with Gasteiger partial charge in [-0.25, -0.2) is 12.8 Å². The highest BCUT2D eigenvalue weighted by molar-refractivity contribution is 7.89. The predicted molar refractivity (Wildman–Crippen MR) is 104 cm³/mol. The summed E-state index contributed by atoms with van der Waals surface area (Å²) in [6, 6.07) is 9.24. The molecule has 1 aliphatic rings. The van der Waals surface area contributed by atoms with Gasteiger partial charge in [0.1, 0.15) is 17.3 Å². The van der Waals surface area contributed by atoms with E-state index < -0.39 is 21.7 Å². The number of H-pyrrole nitrogens is 1. The molecule has 1 aliphatic heterocycles. The van der Waals surface area contributed by atoms with Crippen LogP contribution in [-0.4, -0.2) is 55.0 Å². The van der Waals surface area contributed by atoms with E-state index in [1.54, 1.807) is 0 Å². The van der Waals surface area contributed by atoms with Crippen molar-refractivity contribution in [3.63, 3.8) is 0 Å². The number of benzene rings is 2. The number of ether oxygens (including phenoxy) is 1. The molecule has 4 rings (SSSR count). The van der Waals surface area contributed by atoms with Crippen LogP contribution < -0.4 is 5.32 Å². The van der Waals surface area contributed by atoms with E-state index in [1.165, 1.54) is 46.8 Å². The van der Waals surface area contributed by atoms with Crippen LogP contribution in [0.15, 0.2) is 47.4 Å². The van der Waals surface area contributed by atoms with Crippen molar-refractivity contribution in [3.8, 4) is 5.75 Å². The molecule has 0 bridgehead atoms. The molecule has 0 unspecified atom stereocenters. The summed E-state index contributed by atoms with van der Waals surface area (Å²) in [5.41, 5.74) is 0.671. The van der Waals surface area contributed by atoms with Crippen molar-refractivity contribution in [1.82, 2.24) is 9.29 Å². The lowest BCUT2D eigenvalue weighted by molar-refractivity contribution is 0.0730. The molecule has 2 heterocycles. The van der Waals surface area contributed by atoms with Crippen LogP contribution in [0.1, 0.15) is 10.5 Å². The summed E-state index contributed by atoms with van der Waals surface area (Å²) in [6.07, 6.45) is 0. The van der Waals surface area contributed by atoms with Crippen LogP contribution in [0, 0.1) is 5.82 Å². The van der Waals surface area contributed by atoms with Crippen LogP contribution >= 0.6 is 0 Å². The topological polar surface area (TPSA) is 112 Å². The molecule has 152 valence electrons. The molecule has 0 spiro atoms. The Bertz CT molecular complexity index is 1190. The summed E-state index contributed by atoms with van der Waals surface area (Å²) < 4.78 is 45.4. The first kappa shape index (κ1) is 19.4. The fraction of sp³-hybridized carbons (Fsp3) is 0.211. The van der Waals surface area contributed by atoms with Gasteiger partial charge >= 0.3 is 0 Å². The van der Waals surface area contributed by atoms with E-state index >= 15 is 0 Å². The lowest BCUT2D eigenvalue weighted by atomic mass is 10.2. The highest BCUT2D eigenvalue weighted by atomic mass is 32.2. The van der Waals surface area contributed by atoms with Crippen LogP contribution in [0.4, 0.5) is 10.1 Å². The summed E-state index contributed by atoms with van der Waals surface area (Å²) >= 11 is 0. The zero-order chi connectivity index (χ0) is 20.6. The molecule has 0 saturated carbocycles. The van der Waals surface area contributed by atoms with E-state index in [0.29, 0.717) is 24.1 Å². The van der Waals surface area contributed by atoms with E-state index in [0.717, 1.165) is 0 Å². The molecule has 0 aliphatic carbocycles. The van der Waals surface area contributed by atoms with Gasteiger partial charge < -0.3 is 20.1 Å². The first-order valence-electron chi connectivity index (χ1n) is 8.85. The van der Waals surface area contributed by atoms with E-state index in [-0.39, 0.29) is 35.1 Å². The summed E-state index contributed by atoms with van der Waals surface area (Å²) in [5.74, 6) is -1.30. The van der Waals surface area contributed by atoms with E-state index in [2.05, 4.69) is 10.3 Å². The van der Waals surface area contributed by atoms with Crippen molar-refractivity contribution in [2.45, 2.75) is 4.90 Å². The highest BCUT2D eigenvalue weighted by Gasteiger charge is 2.27. The zero-order valence-electron chi connectivity index (χ0n) is 15.2. The van der Waals surface area contributed by atoms with Crippen molar-refractivity contribution in [2.24, 2.45) is 0 Å². The van der Waals surface area contributed by atoms with Gasteiger partial charge in [-0.05, 0) is 42.5 Å². The number of carbonyl (C=O) groups excluding carboxylic acids is 1. The van der Waals surface area contributed by atoms with Crippen LogP contribution in [0.25, 0.3) is 10.9 Å². The zero-order valence-corrected chi connectivity index (χ0v) is 16.0. The fourth-order valence-corrected chi connectivity index (χ4v) is 4.56. The minimum Gasteiger partial charge on any atom is -0.506 e. The number of anilines is 1. The van der Waals surface area contributed by atoms with Gasteiger partial charge in [-0.15, -0.1) is 0 Å². The van der Waals surface area contributed by atoms with Crippen LogP contribution in [-0.2, 0) is 14.8 Å². The molecule has 29 heavy (non-hydrogen) atoms. The van der Waals surface area contributed by atoms with Crippen molar-refractivity contribution >= 4 is 32.5 Å². The number of nitrogens with zero attached hydrogens (tertiary/aromatic N) is 1. The molecular weight excluding hydrogens is 401 g/mol. The summed E-state index contributed by atoms with van der Waals surface area (Å²) in [4.78, 5) is 15.4. The van der Waals surface area contributed by atoms with Crippen molar-refractivity contribution < 1.29 is 27.4 Å². The van der Waals surface area contributed by atoms with Crippen molar-refractivity contribution in [1.29, 1.82) is 0 Å². The number of amides is 1. The number of phenols is 1. The average molecular weight is 419 g/mol. The number of phenolic OH excluding ortho intramolecular Hbond substituents is 1. The Labute approximate surface area is 166 Å². The number of halogens is 1. The number of aromatic nitrogens is 1. The molecule has 10 heteroatoms. The predicted octanol–water partition coefficient (Wildman–Crippen LogP) is 2.29. The number of sulfonamides is 1. The van der Waals surface area contributed by atoms with Crippen LogP contribution in [0.3, 0.4) is 0 Å². The maximum atomic E-state index is 13.3. The standard InChI is InChI=1S/C19H18FN3O5S/c20-13-1-3-15-12(9-13)10-17(21-15)19(25)22-16-11-14(2-4-18(16)24)29(26,27)23-5-7-28-8-6-23/h1-4,9-11,21,24H,5-8H2,(H,22,25). The maximum absolute atomic E-state index is 13.3. The number of nitrogens with one attached hydrogen (secondary N) is 2. The Morgan fingerprint density at radius 1 is 1.14 bits per heavy atom. The Hall–Kier alpha value is -2.95. The van der Waals surface area contributed by atoms with Gasteiger partial charge in [-0.2, -0.15) is 4.31 Å². The smallest absolute Gasteiger partial charge is 0.272 e. The van der Waals surface area contributed by atoms with Gasteiger partial charge in [0.2, 0.25) is 10.0 Å². The van der Waals surface area contributed by atoms with Crippen molar-refractivity contribution in [3.05, 3.63) is 54.0 Å². The minimum atomic E-state index is -3.79. The molecule has 1 fully saturated rings. The van der Waals surface area contributed by atoms with Gasteiger partial charge in [-0.1, -0.05) is 0 Å². The Morgan fingerprint density at radius 3 is 2.66 bits per heavy atom. The third-order valence-corrected chi connectivity index (χ3v) is 6.55. The number of rotatable bonds is 4. The van der Waals surface area contributed by atoms with Gasteiger partial charge in [0.15, 0.2) is 0 Å².